The second kappa shape index (κ2) is 7.62. The van der Waals surface area contributed by atoms with Crippen LogP contribution in [0.1, 0.15) is 16.4 Å². The molecule has 0 fully saturated rings. The predicted octanol–water partition coefficient (Wildman–Crippen LogP) is 4.63. The van der Waals surface area contributed by atoms with E-state index in [9.17, 15) is 4.79 Å². The maximum atomic E-state index is 12.6. The summed E-state index contributed by atoms with van der Waals surface area (Å²) in [6, 6.07) is 15.1. The maximum Gasteiger partial charge on any atom is 0.326 e. The van der Waals surface area contributed by atoms with Crippen LogP contribution in [0, 0.1) is 3.95 Å². The van der Waals surface area contributed by atoms with Gasteiger partial charge in [0.15, 0.2) is 3.95 Å². The van der Waals surface area contributed by atoms with Crippen LogP contribution in [0.4, 0.5) is 0 Å². The van der Waals surface area contributed by atoms with Crippen LogP contribution in [-0.2, 0) is 4.79 Å². The van der Waals surface area contributed by atoms with E-state index < -0.39 is 11.2 Å². The van der Waals surface area contributed by atoms with Crippen molar-refractivity contribution in [3.05, 3.63) is 62.9 Å². The highest BCUT2D eigenvalue weighted by atomic mass is 32.1. The van der Waals surface area contributed by atoms with E-state index in [-0.39, 0.29) is 5.92 Å². The quantitative estimate of drug-likeness (QED) is 0.371. The molecule has 0 amide bonds. The van der Waals surface area contributed by atoms with Gasteiger partial charge in [-0.25, -0.2) is 0 Å². The molecule has 0 saturated heterocycles. The molecule has 0 N–H and O–H groups in total. The number of ether oxygens (including phenoxy) is 3. The Balaban J connectivity index is 1.84. The highest BCUT2D eigenvalue weighted by molar-refractivity contribution is 7.81. The molecule has 4 rings (SSSR count). The largest absolute Gasteiger partial charge is 0.497 e. The van der Waals surface area contributed by atoms with Crippen molar-refractivity contribution in [2.24, 2.45) is 0 Å². The van der Waals surface area contributed by atoms with Crippen LogP contribution in [0.3, 0.4) is 0 Å². The van der Waals surface area contributed by atoms with Gasteiger partial charge in [0.05, 0.1) is 24.8 Å². The second-order valence-corrected chi connectivity index (χ2v) is 8.42. The third kappa shape index (κ3) is 3.21. The fourth-order valence-electron chi connectivity index (χ4n) is 3.20. The first-order valence-corrected chi connectivity index (χ1v) is 10.2. The number of esters is 1. The van der Waals surface area contributed by atoms with Gasteiger partial charge in [0.2, 0.25) is 5.88 Å². The van der Waals surface area contributed by atoms with Crippen molar-refractivity contribution in [3.63, 3.8) is 0 Å². The Labute approximate surface area is 176 Å². The average molecular weight is 432 g/mol. The topological polar surface area (TPSA) is 49.7 Å². The predicted molar refractivity (Wildman–Crippen MR) is 114 cm³/mol. The summed E-state index contributed by atoms with van der Waals surface area (Å²) in [4.78, 5) is 13.5. The molecule has 144 valence electrons. The summed E-state index contributed by atoms with van der Waals surface area (Å²) in [7, 11) is 3.23. The molecule has 1 aromatic heterocycles. The molecular formula is C20H17NO4S3. The van der Waals surface area contributed by atoms with Gasteiger partial charge in [-0.2, -0.15) is 12.6 Å². The van der Waals surface area contributed by atoms with Crippen molar-refractivity contribution in [3.8, 4) is 23.1 Å². The summed E-state index contributed by atoms with van der Waals surface area (Å²) in [6.45, 7) is 0. The Morgan fingerprint density at radius 2 is 1.61 bits per heavy atom. The minimum absolute atomic E-state index is 0.253. The molecule has 5 nitrogen and oxygen atoms in total. The molecule has 0 unspecified atom stereocenters. The van der Waals surface area contributed by atoms with Crippen molar-refractivity contribution < 1.29 is 19.0 Å². The summed E-state index contributed by atoms with van der Waals surface area (Å²) >= 11 is 11.6. The van der Waals surface area contributed by atoms with E-state index in [1.54, 1.807) is 18.8 Å². The molecule has 8 heteroatoms. The molecule has 0 bridgehead atoms. The van der Waals surface area contributed by atoms with E-state index in [0.29, 0.717) is 9.83 Å². The van der Waals surface area contributed by atoms with Gasteiger partial charge in [-0.15, -0.1) is 11.3 Å². The van der Waals surface area contributed by atoms with Crippen LogP contribution < -0.4 is 14.2 Å². The van der Waals surface area contributed by atoms with Gasteiger partial charge in [0.1, 0.15) is 16.7 Å². The van der Waals surface area contributed by atoms with Crippen molar-refractivity contribution in [2.45, 2.75) is 11.2 Å². The number of hydrogen-bond acceptors (Lipinski definition) is 7. The van der Waals surface area contributed by atoms with Gasteiger partial charge >= 0.3 is 5.97 Å². The van der Waals surface area contributed by atoms with E-state index in [2.05, 4.69) is 12.6 Å². The lowest BCUT2D eigenvalue weighted by molar-refractivity contribution is -0.135. The first-order valence-electron chi connectivity index (χ1n) is 8.47. The van der Waals surface area contributed by atoms with Gasteiger partial charge in [0, 0.05) is 5.92 Å². The number of rotatable bonds is 4. The zero-order chi connectivity index (χ0) is 19.8. The number of hydrogen-bond donors (Lipinski definition) is 1. The number of thiol groups is 1. The normalized spacial score (nSPS) is 18.3. The van der Waals surface area contributed by atoms with Crippen LogP contribution in [0.2, 0.25) is 0 Å². The van der Waals surface area contributed by atoms with Gasteiger partial charge in [-0.1, -0.05) is 12.1 Å². The second-order valence-electron chi connectivity index (χ2n) is 6.19. The van der Waals surface area contributed by atoms with Crippen LogP contribution in [-0.4, -0.2) is 30.0 Å². The summed E-state index contributed by atoms with van der Waals surface area (Å²) in [5.74, 6) is 1.30. The smallest absolute Gasteiger partial charge is 0.326 e. The highest BCUT2D eigenvalue weighted by Gasteiger charge is 2.40. The Hall–Kier alpha value is -2.29. The summed E-state index contributed by atoms with van der Waals surface area (Å²) < 4.78 is 18.5. The average Bonchev–Trinajstić information content (AvgIpc) is 3.04. The minimum atomic E-state index is -0.613. The Morgan fingerprint density at radius 3 is 2.18 bits per heavy atom. The third-order valence-electron chi connectivity index (χ3n) is 4.64. The lowest BCUT2D eigenvalue weighted by atomic mass is 9.92. The lowest BCUT2D eigenvalue weighted by Gasteiger charge is -2.27. The first kappa shape index (κ1) is 19.0. The molecule has 0 saturated carbocycles. The third-order valence-corrected chi connectivity index (χ3v) is 6.58. The van der Waals surface area contributed by atoms with Gasteiger partial charge in [-0.3, -0.25) is 9.36 Å². The van der Waals surface area contributed by atoms with Gasteiger partial charge < -0.3 is 14.2 Å². The molecular weight excluding hydrogens is 414 g/mol. The van der Waals surface area contributed by atoms with E-state index in [1.165, 1.54) is 11.3 Å². The van der Waals surface area contributed by atoms with E-state index in [0.717, 1.165) is 27.6 Å². The number of aromatic nitrogens is 1. The number of fused-ring (bicyclic) bond motifs is 1. The molecule has 0 aliphatic carbocycles. The van der Waals surface area contributed by atoms with Crippen LogP contribution in [0.25, 0.3) is 5.69 Å². The molecule has 2 aromatic carbocycles. The molecule has 0 radical (unpaired) electrons. The van der Waals surface area contributed by atoms with Crippen molar-refractivity contribution in [1.82, 2.24) is 4.57 Å². The molecule has 28 heavy (non-hydrogen) atoms. The van der Waals surface area contributed by atoms with Gasteiger partial charge in [-0.05, 0) is 54.2 Å². The SMILES string of the molecule is COc1ccc([C@H]2c3sc(=S)n(-c4ccc(OC)cc4)c3OC(=O)[C@@H]2S)cc1. The van der Waals surface area contributed by atoms with E-state index >= 15 is 0 Å². The number of benzene rings is 2. The number of methoxy groups -OCH3 is 2. The summed E-state index contributed by atoms with van der Waals surface area (Å²) in [6.07, 6.45) is 0. The van der Waals surface area contributed by atoms with E-state index in [4.69, 9.17) is 26.4 Å². The van der Waals surface area contributed by atoms with Crippen molar-refractivity contribution in [2.75, 3.05) is 14.2 Å². The van der Waals surface area contributed by atoms with Crippen LogP contribution in [0.15, 0.2) is 48.5 Å². The van der Waals surface area contributed by atoms with Crippen LogP contribution in [0.5, 0.6) is 17.4 Å². The maximum absolute atomic E-state index is 12.6. The standard InChI is InChI=1S/C20H17NO4S3/c1-23-13-7-3-11(4-8-13)15-16(26)19(22)25-18-17(15)28-20(27)21(18)12-5-9-14(24-2)10-6-12/h3-10,15-16,26H,1-2H3/t15-,16-/m1/s1. The highest BCUT2D eigenvalue weighted by Crippen LogP contribution is 2.46. The summed E-state index contributed by atoms with van der Waals surface area (Å²) in [5, 5.41) is -0.613. The fourth-order valence-corrected chi connectivity index (χ4v) is 5.22. The van der Waals surface area contributed by atoms with E-state index in [1.807, 2.05) is 48.5 Å². The number of nitrogens with zero attached hydrogens (tertiary/aromatic N) is 1. The number of carbonyl (C=O) groups excluding carboxylic acids is 1. The first-order chi connectivity index (χ1) is 13.5. The zero-order valence-corrected chi connectivity index (χ0v) is 17.6. The lowest BCUT2D eigenvalue weighted by Crippen LogP contribution is -2.33. The summed E-state index contributed by atoms with van der Waals surface area (Å²) in [5.41, 5.74) is 1.76. The molecule has 0 spiro atoms. The molecule has 1 aliphatic heterocycles. The molecule has 2 atom stereocenters. The monoisotopic (exact) mass is 431 g/mol. The Morgan fingerprint density at radius 1 is 1.04 bits per heavy atom. The zero-order valence-electron chi connectivity index (χ0n) is 15.1. The fraction of sp³-hybridized carbons (Fsp3) is 0.200. The van der Waals surface area contributed by atoms with Crippen molar-refractivity contribution in [1.29, 1.82) is 0 Å². The van der Waals surface area contributed by atoms with Crippen molar-refractivity contribution >= 4 is 42.2 Å². The molecule has 3 aromatic rings. The molecule has 2 heterocycles. The molecule has 1 aliphatic rings. The number of carbonyl (C=O) groups is 1. The van der Waals surface area contributed by atoms with Gasteiger partial charge in [0.25, 0.3) is 0 Å². The Bertz CT molecular complexity index is 1070. The number of thiazole rings is 1. The minimum Gasteiger partial charge on any atom is -0.497 e. The van der Waals surface area contributed by atoms with Crippen LogP contribution >= 0.6 is 36.2 Å². The Kier molecular flexibility index (Phi) is 5.18.